The van der Waals surface area contributed by atoms with Crippen molar-refractivity contribution in [2.75, 3.05) is 6.54 Å². The maximum atomic E-state index is 12.0. The molecule has 0 bridgehead atoms. The Balaban J connectivity index is 1.86. The van der Waals surface area contributed by atoms with Crippen LogP contribution in [0.25, 0.3) is 0 Å². The zero-order valence-electron chi connectivity index (χ0n) is 11.5. The largest absolute Gasteiger partial charge is 0.350 e. The van der Waals surface area contributed by atoms with Crippen LogP contribution in [-0.4, -0.2) is 34.3 Å². The maximum Gasteiger partial charge on any atom is 0.225 e. The van der Waals surface area contributed by atoms with E-state index < -0.39 is 0 Å². The van der Waals surface area contributed by atoms with E-state index >= 15 is 0 Å². The molecule has 2 heterocycles. The first-order valence-electron chi connectivity index (χ1n) is 6.45. The number of aryl methyl sites for hydroxylation is 1. The molecule has 2 rings (SSSR count). The molecule has 1 fully saturated rings. The van der Waals surface area contributed by atoms with Gasteiger partial charge in [0.2, 0.25) is 11.8 Å². The van der Waals surface area contributed by atoms with Crippen molar-refractivity contribution in [1.29, 1.82) is 0 Å². The number of carbonyl (C=O) groups is 2. The Kier molecular flexibility index (Phi) is 4.19. The van der Waals surface area contributed by atoms with Crippen LogP contribution in [0.15, 0.2) is 5.38 Å². The molecule has 6 heteroatoms. The van der Waals surface area contributed by atoms with Crippen LogP contribution in [0, 0.1) is 12.8 Å². The fourth-order valence-corrected chi connectivity index (χ4v) is 2.83. The summed E-state index contributed by atoms with van der Waals surface area (Å²) in [5, 5.41) is 5.79. The third-order valence-corrected chi connectivity index (χ3v) is 4.09. The Hall–Kier alpha value is -1.43. The molecule has 1 aliphatic rings. The smallest absolute Gasteiger partial charge is 0.225 e. The van der Waals surface area contributed by atoms with Gasteiger partial charge in [-0.2, -0.15) is 0 Å². The van der Waals surface area contributed by atoms with Crippen molar-refractivity contribution >= 4 is 23.2 Å². The van der Waals surface area contributed by atoms with E-state index in [2.05, 4.69) is 10.3 Å². The zero-order valence-corrected chi connectivity index (χ0v) is 12.3. The molecule has 1 aromatic heterocycles. The Labute approximate surface area is 117 Å². The van der Waals surface area contributed by atoms with Crippen molar-refractivity contribution in [2.24, 2.45) is 5.92 Å². The monoisotopic (exact) mass is 281 g/mol. The average molecular weight is 281 g/mol. The second kappa shape index (κ2) is 5.69. The molecule has 0 aliphatic carbocycles. The normalized spacial score (nSPS) is 19.3. The standard InChI is InChI=1S/C13H19N3O2S/c1-8(2)16-6-10(4-12(16)17)13(18)14-5-11-7-19-9(3)15-11/h7-8,10H,4-6H2,1-3H3,(H,14,18). The number of carbonyl (C=O) groups excluding carboxylic acids is 2. The van der Waals surface area contributed by atoms with Crippen molar-refractivity contribution in [3.8, 4) is 0 Å². The second-order valence-electron chi connectivity index (χ2n) is 5.12. The molecule has 1 aromatic rings. The maximum absolute atomic E-state index is 12.0. The Morgan fingerprint density at radius 3 is 2.89 bits per heavy atom. The molecule has 0 aromatic carbocycles. The van der Waals surface area contributed by atoms with E-state index in [0.717, 1.165) is 10.7 Å². The number of aromatic nitrogens is 1. The molecule has 0 saturated carbocycles. The van der Waals surface area contributed by atoms with Gasteiger partial charge in [0.15, 0.2) is 0 Å². The minimum atomic E-state index is -0.227. The molecule has 1 unspecified atom stereocenters. The molecular weight excluding hydrogens is 262 g/mol. The number of hydrogen-bond acceptors (Lipinski definition) is 4. The third kappa shape index (κ3) is 3.32. The molecule has 1 saturated heterocycles. The highest BCUT2D eigenvalue weighted by atomic mass is 32.1. The van der Waals surface area contributed by atoms with E-state index in [1.165, 1.54) is 0 Å². The summed E-state index contributed by atoms with van der Waals surface area (Å²) >= 11 is 1.57. The molecule has 104 valence electrons. The molecular formula is C13H19N3O2S. The van der Waals surface area contributed by atoms with Gasteiger partial charge >= 0.3 is 0 Å². The molecule has 0 radical (unpaired) electrons. The van der Waals surface area contributed by atoms with Gasteiger partial charge in [-0.3, -0.25) is 9.59 Å². The van der Waals surface area contributed by atoms with Crippen molar-refractivity contribution < 1.29 is 9.59 Å². The highest BCUT2D eigenvalue weighted by Crippen LogP contribution is 2.20. The summed E-state index contributed by atoms with van der Waals surface area (Å²) in [6.45, 7) is 6.84. The predicted molar refractivity (Wildman–Crippen MR) is 73.7 cm³/mol. The van der Waals surface area contributed by atoms with Crippen LogP contribution < -0.4 is 5.32 Å². The minimum absolute atomic E-state index is 0.0536. The number of likely N-dealkylation sites (tertiary alicyclic amines) is 1. The molecule has 1 aliphatic heterocycles. The summed E-state index contributed by atoms with van der Waals surface area (Å²) in [4.78, 5) is 29.8. The summed E-state index contributed by atoms with van der Waals surface area (Å²) in [6.07, 6.45) is 0.320. The van der Waals surface area contributed by atoms with Crippen LogP contribution in [0.2, 0.25) is 0 Å². The predicted octanol–water partition coefficient (Wildman–Crippen LogP) is 1.32. The Morgan fingerprint density at radius 1 is 1.63 bits per heavy atom. The number of hydrogen-bond donors (Lipinski definition) is 1. The fraction of sp³-hybridized carbons (Fsp3) is 0.615. The van der Waals surface area contributed by atoms with Crippen LogP contribution in [0.5, 0.6) is 0 Å². The molecule has 19 heavy (non-hydrogen) atoms. The van der Waals surface area contributed by atoms with Crippen molar-refractivity contribution in [3.05, 3.63) is 16.1 Å². The summed E-state index contributed by atoms with van der Waals surface area (Å²) < 4.78 is 0. The molecule has 0 spiro atoms. The van der Waals surface area contributed by atoms with Crippen LogP contribution in [0.3, 0.4) is 0 Å². The zero-order chi connectivity index (χ0) is 14.0. The number of rotatable bonds is 4. The number of amides is 2. The van der Waals surface area contributed by atoms with Gasteiger partial charge in [0.05, 0.1) is 23.2 Å². The fourth-order valence-electron chi connectivity index (χ4n) is 2.22. The van der Waals surface area contributed by atoms with Gasteiger partial charge in [0.1, 0.15) is 0 Å². The molecule has 5 nitrogen and oxygen atoms in total. The van der Waals surface area contributed by atoms with E-state index in [-0.39, 0.29) is 23.8 Å². The van der Waals surface area contributed by atoms with Crippen LogP contribution in [0.4, 0.5) is 0 Å². The summed E-state index contributed by atoms with van der Waals surface area (Å²) in [5.41, 5.74) is 0.876. The van der Waals surface area contributed by atoms with Gasteiger partial charge < -0.3 is 10.2 Å². The topological polar surface area (TPSA) is 62.3 Å². The van der Waals surface area contributed by atoms with Crippen LogP contribution in [-0.2, 0) is 16.1 Å². The average Bonchev–Trinajstić information content (AvgIpc) is 2.92. The summed E-state index contributed by atoms with van der Waals surface area (Å²) in [7, 11) is 0. The highest BCUT2D eigenvalue weighted by molar-refractivity contribution is 7.09. The lowest BCUT2D eigenvalue weighted by Crippen LogP contribution is -2.35. The lowest BCUT2D eigenvalue weighted by molar-refractivity contribution is -0.130. The van der Waals surface area contributed by atoms with Gasteiger partial charge in [-0.1, -0.05) is 0 Å². The molecule has 1 N–H and O–H groups in total. The lowest BCUT2D eigenvalue weighted by Gasteiger charge is -2.20. The SMILES string of the molecule is Cc1nc(CNC(=O)C2CC(=O)N(C(C)C)C2)cs1. The van der Waals surface area contributed by atoms with E-state index in [0.29, 0.717) is 19.5 Å². The minimum Gasteiger partial charge on any atom is -0.350 e. The summed E-state index contributed by atoms with van der Waals surface area (Å²) in [5.74, 6) is -0.212. The van der Waals surface area contributed by atoms with E-state index in [9.17, 15) is 9.59 Å². The van der Waals surface area contributed by atoms with Gasteiger partial charge in [-0.25, -0.2) is 4.98 Å². The van der Waals surface area contributed by atoms with Gasteiger partial charge in [0, 0.05) is 24.4 Å². The number of thiazole rings is 1. The van der Waals surface area contributed by atoms with Crippen LogP contribution >= 0.6 is 11.3 Å². The highest BCUT2D eigenvalue weighted by Gasteiger charge is 2.35. The summed E-state index contributed by atoms with van der Waals surface area (Å²) in [6, 6.07) is 0.159. The third-order valence-electron chi connectivity index (χ3n) is 3.26. The first kappa shape index (κ1) is 14.0. The quantitative estimate of drug-likeness (QED) is 0.905. The van der Waals surface area contributed by atoms with E-state index in [4.69, 9.17) is 0 Å². The second-order valence-corrected chi connectivity index (χ2v) is 6.18. The van der Waals surface area contributed by atoms with Gasteiger partial charge in [0.25, 0.3) is 0 Å². The lowest BCUT2D eigenvalue weighted by atomic mass is 10.1. The van der Waals surface area contributed by atoms with E-state index in [1.54, 1.807) is 16.2 Å². The van der Waals surface area contributed by atoms with Crippen molar-refractivity contribution in [3.63, 3.8) is 0 Å². The van der Waals surface area contributed by atoms with Gasteiger partial charge in [-0.15, -0.1) is 11.3 Å². The number of nitrogens with zero attached hydrogens (tertiary/aromatic N) is 2. The van der Waals surface area contributed by atoms with Crippen LogP contribution in [0.1, 0.15) is 31.0 Å². The van der Waals surface area contributed by atoms with Gasteiger partial charge in [-0.05, 0) is 20.8 Å². The Morgan fingerprint density at radius 2 is 2.37 bits per heavy atom. The van der Waals surface area contributed by atoms with E-state index in [1.807, 2.05) is 26.2 Å². The first-order valence-corrected chi connectivity index (χ1v) is 7.33. The Bertz CT molecular complexity index is 484. The van der Waals surface area contributed by atoms with Crippen molar-refractivity contribution in [2.45, 2.75) is 39.8 Å². The van der Waals surface area contributed by atoms with Crippen molar-refractivity contribution in [1.82, 2.24) is 15.2 Å². The molecule has 2 amide bonds. The molecule has 1 atom stereocenters. The first-order chi connectivity index (χ1) is 8.97. The number of nitrogens with one attached hydrogen (secondary N) is 1.